The molecule has 1 aliphatic rings. The Balaban J connectivity index is 1.93. The molecular weight excluding hydrogens is 357 g/mol. The molecule has 0 aliphatic carbocycles. The van der Waals surface area contributed by atoms with Crippen LogP contribution in [0.2, 0.25) is 0 Å². The predicted octanol–water partition coefficient (Wildman–Crippen LogP) is 4.69. The van der Waals surface area contributed by atoms with E-state index >= 15 is 0 Å². The van der Waals surface area contributed by atoms with Crippen molar-refractivity contribution >= 4 is 6.03 Å². The van der Waals surface area contributed by atoms with Gasteiger partial charge in [0.2, 0.25) is 0 Å². The van der Waals surface area contributed by atoms with Crippen molar-refractivity contribution in [3.05, 3.63) is 53.6 Å². The molecule has 1 N–H and O–H groups in total. The summed E-state index contributed by atoms with van der Waals surface area (Å²) < 4.78 is 44.9. The van der Waals surface area contributed by atoms with E-state index in [2.05, 4.69) is 5.32 Å². The number of rotatable bonds is 4. The number of hydrogen-bond acceptors (Lipinski definition) is 2. The van der Waals surface area contributed by atoms with Crippen LogP contribution in [0.5, 0.6) is 5.75 Å². The fourth-order valence-electron chi connectivity index (χ4n) is 3.25. The lowest BCUT2D eigenvalue weighted by atomic mass is 9.96. The van der Waals surface area contributed by atoms with Gasteiger partial charge in [0, 0.05) is 25.2 Å². The van der Waals surface area contributed by atoms with Crippen molar-refractivity contribution in [2.75, 3.05) is 20.2 Å². The van der Waals surface area contributed by atoms with Gasteiger partial charge in [0.1, 0.15) is 5.75 Å². The summed E-state index contributed by atoms with van der Waals surface area (Å²) in [5.74, 6) is 0.560. The number of likely N-dealkylation sites (tertiary alicyclic amines) is 1. The van der Waals surface area contributed by atoms with Gasteiger partial charge in [-0.2, -0.15) is 13.2 Å². The van der Waals surface area contributed by atoms with E-state index in [9.17, 15) is 18.0 Å². The van der Waals surface area contributed by atoms with E-state index in [1.807, 2.05) is 0 Å². The Kier molecular flexibility index (Phi) is 5.58. The predicted molar refractivity (Wildman–Crippen MR) is 96.5 cm³/mol. The van der Waals surface area contributed by atoms with Gasteiger partial charge in [-0.15, -0.1) is 0 Å². The largest absolute Gasteiger partial charge is 0.496 e. The summed E-state index contributed by atoms with van der Waals surface area (Å²) in [6.07, 6.45) is -2.56. The number of para-hydroxylation sites is 1. The number of carbonyl (C=O) groups is 1. The molecule has 2 aromatic carbocycles. The summed E-state index contributed by atoms with van der Waals surface area (Å²) in [6.45, 7) is 1.36. The van der Waals surface area contributed by atoms with Crippen LogP contribution in [-0.4, -0.2) is 31.1 Å². The van der Waals surface area contributed by atoms with Crippen molar-refractivity contribution in [2.24, 2.45) is 0 Å². The molecular formula is C20H21F3N2O2. The van der Waals surface area contributed by atoms with Crippen molar-refractivity contribution in [3.63, 3.8) is 0 Å². The van der Waals surface area contributed by atoms with E-state index in [-0.39, 0.29) is 12.6 Å². The summed E-state index contributed by atoms with van der Waals surface area (Å²) in [5.41, 5.74) is 0.926. The molecule has 27 heavy (non-hydrogen) atoms. The molecule has 1 heterocycles. The summed E-state index contributed by atoms with van der Waals surface area (Å²) in [6, 6.07) is 10.4. The van der Waals surface area contributed by atoms with Crippen LogP contribution in [-0.2, 0) is 12.7 Å². The maximum Gasteiger partial charge on any atom is 0.416 e. The molecule has 1 fully saturated rings. The lowest BCUT2D eigenvalue weighted by Crippen LogP contribution is -2.37. The molecule has 1 aliphatic heterocycles. The van der Waals surface area contributed by atoms with E-state index in [1.165, 1.54) is 13.2 Å². The van der Waals surface area contributed by atoms with Gasteiger partial charge in [0.25, 0.3) is 0 Å². The lowest BCUT2D eigenvalue weighted by Gasteiger charge is -2.19. The van der Waals surface area contributed by atoms with Gasteiger partial charge in [0.05, 0.1) is 12.7 Å². The average molecular weight is 378 g/mol. The molecule has 0 aromatic heterocycles. The Morgan fingerprint density at radius 1 is 1.11 bits per heavy atom. The van der Waals surface area contributed by atoms with Gasteiger partial charge in [-0.25, -0.2) is 4.79 Å². The number of amides is 2. The highest BCUT2D eigenvalue weighted by molar-refractivity contribution is 5.77. The third-order valence-electron chi connectivity index (χ3n) is 4.65. The topological polar surface area (TPSA) is 41.6 Å². The molecule has 0 spiro atoms. The molecule has 2 aromatic rings. The standard InChI is InChI=1S/C20H21F3N2O2/c1-27-18-7-3-2-6-17(18)16-9-8-15(20(21,22)23)12-14(16)13-24-19(26)25-10-4-5-11-25/h2-3,6-9,12H,4-5,10-11,13H2,1H3,(H,24,26). The van der Waals surface area contributed by atoms with E-state index < -0.39 is 11.7 Å². The second-order valence-corrected chi connectivity index (χ2v) is 6.42. The third-order valence-corrected chi connectivity index (χ3v) is 4.65. The summed E-state index contributed by atoms with van der Waals surface area (Å²) in [4.78, 5) is 13.9. The minimum atomic E-state index is -4.45. The Morgan fingerprint density at radius 2 is 1.81 bits per heavy atom. The Labute approximate surface area is 155 Å². The Bertz CT molecular complexity index is 815. The van der Waals surface area contributed by atoms with Crippen molar-refractivity contribution < 1.29 is 22.7 Å². The second-order valence-electron chi connectivity index (χ2n) is 6.42. The van der Waals surface area contributed by atoms with Crippen molar-refractivity contribution in [2.45, 2.75) is 25.6 Å². The number of carbonyl (C=O) groups excluding carboxylic acids is 1. The highest BCUT2D eigenvalue weighted by Gasteiger charge is 2.31. The highest BCUT2D eigenvalue weighted by atomic mass is 19.4. The number of ether oxygens (including phenoxy) is 1. The van der Waals surface area contributed by atoms with Crippen molar-refractivity contribution in [3.8, 4) is 16.9 Å². The molecule has 7 heteroatoms. The van der Waals surface area contributed by atoms with Crippen LogP contribution >= 0.6 is 0 Å². The molecule has 2 amide bonds. The molecule has 3 rings (SSSR count). The molecule has 0 bridgehead atoms. The zero-order chi connectivity index (χ0) is 19.4. The molecule has 1 saturated heterocycles. The van der Waals surface area contributed by atoms with Gasteiger partial charge >= 0.3 is 12.2 Å². The van der Waals surface area contributed by atoms with E-state index in [0.29, 0.717) is 35.5 Å². The van der Waals surface area contributed by atoms with Gasteiger partial charge < -0.3 is 15.0 Å². The first-order valence-corrected chi connectivity index (χ1v) is 8.76. The van der Waals surface area contributed by atoms with Gasteiger partial charge in [-0.05, 0) is 42.2 Å². The number of benzene rings is 2. The lowest BCUT2D eigenvalue weighted by molar-refractivity contribution is -0.137. The molecule has 4 nitrogen and oxygen atoms in total. The molecule has 0 atom stereocenters. The number of alkyl halides is 3. The quantitative estimate of drug-likeness (QED) is 0.839. The first-order chi connectivity index (χ1) is 12.9. The van der Waals surface area contributed by atoms with Crippen LogP contribution in [0.25, 0.3) is 11.1 Å². The Hall–Kier alpha value is -2.70. The number of halogens is 3. The molecule has 0 saturated carbocycles. The van der Waals surface area contributed by atoms with Gasteiger partial charge in [-0.1, -0.05) is 24.3 Å². The maximum atomic E-state index is 13.2. The minimum absolute atomic E-state index is 0.00658. The SMILES string of the molecule is COc1ccccc1-c1ccc(C(F)(F)F)cc1CNC(=O)N1CCCC1. The molecule has 144 valence electrons. The summed E-state index contributed by atoms with van der Waals surface area (Å²) in [7, 11) is 1.51. The summed E-state index contributed by atoms with van der Waals surface area (Å²) >= 11 is 0. The van der Waals surface area contributed by atoms with E-state index in [1.54, 1.807) is 29.2 Å². The number of urea groups is 1. The van der Waals surface area contributed by atoms with Crippen LogP contribution < -0.4 is 10.1 Å². The van der Waals surface area contributed by atoms with E-state index in [4.69, 9.17) is 4.74 Å². The third kappa shape index (κ3) is 4.35. The fraction of sp³-hybridized carbons (Fsp3) is 0.350. The zero-order valence-electron chi connectivity index (χ0n) is 15.0. The molecule has 0 radical (unpaired) electrons. The van der Waals surface area contributed by atoms with Gasteiger partial charge in [0.15, 0.2) is 0 Å². The second kappa shape index (κ2) is 7.90. The van der Waals surface area contributed by atoms with Crippen LogP contribution in [0.1, 0.15) is 24.0 Å². The highest BCUT2D eigenvalue weighted by Crippen LogP contribution is 2.36. The zero-order valence-corrected chi connectivity index (χ0v) is 15.0. The van der Waals surface area contributed by atoms with Crippen LogP contribution in [0.4, 0.5) is 18.0 Å². The van der Waals surface area contributed by atoms with Crippen LogP contribution in [0, 0.1) is 0 Å². The normalized spacial score (nSPS) is 14.3. The minimum Gasteiger partial charge on any atom is -0.496 e. The maximum absolute atomic E-state index is 13.2. The monoisotopic (exact) mass is 378 g/mol. The summed E-state index contributed by atoms with van der Waals surface area (Å²) in [5, 5.41) is 2.75. The molecule has 0 unspecified atom stereocenters. The van der Waals surface area contributed by atoms with Crippen LogP contribution in [0.15, 0.2) is 42.5 Å². The first kappa shape index (κ1) is 19.1. The van der Waals surface area contributed by atoms with E-state index in [0.717, 1.165) is 25.0 Å². The fourth-order valence-corrected chi connectivity index (χ4v) is 3.25. The first-order valence-electron chi connectivity index (χ1n) is 8.76. The van der Waals surface area contributed by atoms with Crippen molar-refractivity contribution in [1.82, 2.24) is 10.2 Å². The van der Waals surface area contributed by atoms with Gasteiger partial charge in [-0.3, -0.25) is 0 Å². The number of hydrogen-bond donors (Lipinski definition) is 1. The Morgan fingerprint density at radius 3 is 2.48 bits per heavy atom. The number of nitrogens with one attached hydrogen (secondary N) is 1. The average Bonchev–Trinajstić information content (AvgIpc) is 3.20. The van der Waals surface area contributed by atoms with Crippen molar-refractivity contribution in [1.29, 1.82) is 0 Å². The smallest absolute Gasteiger partial charge is 0.416 e. The number of nitrogens with zero attached hydrogens (tertiary/aromatic N) is 1. The van der Waals surface area contributed by atoms with Crippen LogP contribution in [0.3, 0.4) is 0 Å². The number of methoxy groups -OCH3 is 1.